The first-order valence-electron chi connectivity index (χ1n) is 8.88. The molecular weight excluding hydrogens is 374 g/mol. The third-order valence-electron chi connectivity index (χ3n) is 4.53. The predicted octanol–water partition coefficient (Wildman–Crippen LogP) is 4.14. The van der Waals surface area contributed by atoms with Gasteiger partial charge < -0.3 is 14.5 Å². The minimum atomic E-state index is -0.273. The van der Waals surface area contributed by atoms with Crippen molar-refractivity contribution in [3.05, 3.63) is 100 Å². The smallest absolute Gasteiger partial charge is 0.275 e. The number of carbonyl (C=O) groups excluding carboxylic acids is 1. The Bertz CT molecular complexity index is 1180. The van der Waals surface area contributed by atoms with E-state index in [9.17, 15) is 9.59 Å². The number of hydrogen-bond donors (Lipinski definition) is 1. The lowest BCUT2D eigenvalue weighted by molar-refractivity contribution is -0.116. The number of aromatic nitrogens is 2. The van der Waals surface area contributed by atoms with Crippen molar-refractivity contribution in [1.82, 2.24) is 9.13 Å². The number of amides is 1. The van der Waals surface area contributed by atoms with E-state index >= 15 is 0 Å². The van der Waals surface area contributed by atoms with E-state index in [1.54, 1.807) is 30.5 Å². The van der Waals surface area contributed by atoms with Gasteiger partial charge in [0.1, 0.15) is 12.1 Å². The van der Waals surface area contributed by atoms with Gasteiger partial charge in [-0.25, -0.2) is 0 Å². The normalized spacial score (nSPS) is 10.9. The summed E-state index contributed by atoms with van der Waals surface area (Å²) in [5.74, 6) is -0.273. The van der Waals surface area contributed by atoms with Gasteiger partial charge in [0, 0.05) is 35.0 Å². The molecule has 0 atom stereocenters. The Hall–Kier alpha value is -3.31. The summed E-state index contributed by atoms with van der Waals surface area (Å²) in [4.78, 5) is 25.3. The quantitative estimate of drug-likeness (QED) is 0.555. The number of fused-ring (bicyclic) bond motifs is 1. The van der Waals surface area contributed by atoms with Gasteiger partial charge in [0.05, 0.1) is 0 Å². The zero-order valence-corrected chi connectivity index (χ0v) is 15.8. The molecule has 0 bridgehead atoms. The minimum Gasteiger partial charge on any atom is -0.339 e. The molecule has 0 radical (unpaired) electrons. The van der Waals surface area contributed by atoms with Crippen molar-refractivity contribution in [3.8, 4) is 0 Å². The summed E-state index contributed by atoms with van der Waals surface area (Å²) in [5.41, 5.74) is 2.14. The molecule has 5 nitrogen and oxygen atoms in total. The Balaban J connectivity index is 1.58. The molecule has 4 aromatic rings. The fourth-order valence-corrected chi connectivity index (χ4v) is 3.30. The number of hydrogen-bond acceptors (Lipinski definition) is 2. The van der Waals surface area contributed by atoms with Crippen LogP contribution < -0.4 is 10.9 Å². The van der Waals surface area contributed by atoms with Gasteiger partial charge in [-0.15, -0.1) is 0 Å². The molecule has 2 aromatic carbocycles. The first-order chi connectivity index (χ1) is 13.6. The largest absolute Gasteiger partial charge is 0.339 e. The van der Waals surface area contributed by atoms with Crippen LogP contribution in [0.1, 0.15) is 5.56 Å². The fraction of sp³-hybridized carbons (Fsp3) is 0.0909. The second-order valence-corrected chi connectivity index (χ2v) is 6.97. The maximum absolute atomic E-state index is 13.0. The van der Waals surface area contributed by atoms with Crippen LogP contribution in [0, 0.1) is 0 Å². The predicted molar refractivity (Wildman–Crippen MR) is 112 cm³/mol. The highest BCUT2D eigenvalue weighted by atomic mass is 35.5. The Morgan fingerprint density at radius 2 is 1.57 bits per heavy atom. The van der Waals surface area contributed by atoms with Crippen molar-refractivity contribution in [1.29, 1.82) is 0 Å². The van der Waals surface area contributed by atoms with E-state index in [1.165, 1.54) is 4.57 Å². The maximum Gasteiger partial charge on any atom is 0.275 e. The number of pyridine rings is 1. The molecule has 0 spiro atoms. The average molecular weight is 392 g/mol. The van der Waals surface area contributed by atoms with E-state index in [-0.39, 0.29) is 18.0 Å². The Morgan fingerprint density at radius 3 is 2.29 bits per heavy atom. The minimum absolute atomic E-state index is 0.0616. The van der Waals surface area contributed by atoms with Gasteiger partial charge >= 0.3 is 0 Å². The van der Waals surface area contributed by atoms with Crippen LogP contribution in [0.5, 0.6) is 0 Å². The van der Waals surface area contributed by atoms with Gasteiger partial charge in [-0.05, 0) is 42.0 Å². The average Bonchev–Trinajstić information content (AvgIpc) is 3.10. The number of halogens is 1. The van der Waals surface area contributed by atoms with Crippen LogP contribution in [-0.2, 0) is 17.9 Å². The lowest BCUT2D eigenvalue weighted by Gasteiger charge is -2.10. The molecule has 0 saturated heterocycles. The number of nitrogens with zero attached hydrogens (tertiary/aromatic N) is 2. The van der Waals surface area contributed by atoms with Crippen LogP contribution in [0.2, 0.25) is 5.02 Å². The molecule has 0 unspecified atom stereocenters. The molecular formula is C22H18ClN3O2. The second-order valence-electron chi connectivity index (χ2n) is 6.54. The molecule has 0 fully saturated rings. The zero-order chi connectivity index (χ0) is 19.5. The topological polar surface area (TPSA) is 56.0 Å². The van der Waals surface area contributed by atoms with E-state index in [4.69, 9.17) is 11.6 Å². The highest BCUT2D eigenvalue weighted by molar-refractivity contribution is 6.30. The molecule has 1 amide bonds. The van der Waals surface area contributed by atoms with Crippen LogP contribution in [0.4, 0.5) is 5.69 Å². The van der Waals surface area contributed by atoms with Gasteiger partial charge in [-0.3, -0.25) is 9.59 Å². The van der Waals surface area contributed by atoms with E-state index in [0.29, 0.717) is 22.8 Å². The molecule has 2 aromatic heterocycles. The SMILES string of the molecule is O=C(Cn1ccc2ccn(Cc3ccccc3)c2c1=O)Nc1ccc(Cl)cc1. The summed E-state index contributed by atoms with van der Waals surface area (Å²) < 4.78 is 3.34. The molecule has 1 N–H and O–H groups in total. The zero-order valence-electron chi connectivity index (χ0n) is 15.0. The van der Waals surface area contributed by atoms with Crippen molar-refractivity contribution in [2.45, 2.75) is 13.1 Å². The molecule has 140 valence electrons. The number of carbonyl (C=O) groups is 1. The summed E-state index contributed by atoms with van der Waals surface area (Å²) in [7, 11) is 0. The van der Waals surface area contributed by atoms with Gasteiger partial charge in [0.25, 0.3) is 5.56 Å². The lowest BCUT2D eigenvalue weighted by Crippen LogP contribution is -2.28. The second kappa shape index (κ2) is 7.74. The molecule has 6 heteroatoms. The van der Waals surface area contributed by atoms with Gasteiger partial charge in [-0.1, -0.05) is 41.9 Å². The van der Waals surface area contributed by atoms with Crippen LogP contribution >= 0.6 is 11.6 Å². The monoisotopic (exact) mass is 391 g/mol. The number of anilines is 1. The first kappa shape index (κ1) is 18.1. The Morgan fingerprint density at radius 1 is 0.893 bits per heavy atom. The number of benzene rings is 2. The van der Waals surface area contributed by atoms with Crippen molar-refractivity contribution >= 4 is 34.1 Å². The summed E-state index contributed by atoms with van der Waals surface area (Å²) in [6.45, 7) is 0.536. The third-order valence-corrected chi connectivity index (χ3v) is 4.78. The molecule has 4 rings (SSSR count). The molecule has 2 heterocycles. The van der Waals surface area contributed by atoms with Gasteiger partial charge in [0.15, 0.2) is 0 Å². The number of nitrogens with one attached hydrogen (secondary N) is 1. The van der Waals surface area contributed by atoms with Gasteiger partial charge in [-0.2, -0.15) is 0 Å². The molecule has 28 heavy (non-hydrogen) atoms. The fourth-order valence-electron chi connectivity index (χ4n) is 3.17. The third kappa shape index (κ3) is 3.85. The van der Waals surface area contributed by atoms with Gasteiger partial charge in [0.2, 0.25) is 5.91 Å². The van der Waals surface area contributed by atoms with Crippen LogP contribution in [-0.4, -0.2) is 15.0 Å². The number of rotatable bonds is 5. The van der Waals surface area contributed by atoms with Crippen LogP contribution in [0.15, 0.2) is 83.9 Å². The standard InChI is InChI=1S/C22H18ClN3O2/c23-18-6-8-19(9-7-18)24-20(27)15-26-13-11-17-10-12-25(21(17)22(26)28)14-16-4-2-1-3-5-16/h1-13H,14-15H2,(H,24,27). The summed E-state index contributed by atoms with van der Waals surface area (Å²) in [6, 6.07) is 20.6. The molecule has 0 aliphatic carbocycles. The first-order valence-corrected chi connectivity index (χ1v) is 9.25. The van der Waals surface area contributed by atoms with E-state index < -0.39 is 0 Å². The van der Waals surface area contributed by atoms with Crippen LogP contribution in [0.25, 0.3) is 10.9 Å². The summed E-state index contributed by atoms with van der Waals surface area (Å²) in [5, 5.41) is 4.23. The van der Waals surface area contributed by atoms with E-state index in [0.717, 1.165) is 10.9 Å². The molecule has 0 aliphatic heterocycles. The molecule has 0 aliphatic rings. The van der Waals surface area contributed by atoms with Crippen molar-refractivity contribution in [2.75, 3.05) is 5.32 Å². The van der Waals surface area contributed by atoms with Crippen molar-refractivity contribution in [2.24, 2.45) is 0 Å². The highest BCUT2D eigenvalue weighted by Crippen LogP contribution is 2.15. The molecule has 0 saturated carbocycles. The van der Waals surface area contributed by atoms with Crippen molar-refractivity contribution < 1.29 is 4.79 Å². The summed E-state index contributed by atoms with van der Waals surface area (Å²) >= 11 is 5.86. The Kier molecular flexibility index (Phi) is 5.00. The maximum atomic E-state index is 13.0. The van der Waals surface area contributed by atoms with E-state index in [1.807, 2.05) is 53.2 Å². The Labute approximate surface area is 166 Å². The van der Waals surface area contributed by atoms with Crippen LogP contribution in [0.3, 0.4) is 0 Å². The van der Waals surface area contributed by atoms with E-state index in [2.05, 4.69) is 5.32 Å². The highest BCUT2D eigenvalue weighted by Gasteiger charge is 2.11. The lowest BCUT2D eigenvalue weighted by atomic mass is 10.2. The summed E-state index contributed by atoms with van der Waals surface area (Å²) in [6.07, 6.45) is 3.55. The van der Waals surface area contributed by atoms with Crippen molar-refractivity contribution in [3.63, 3.8) is 0 Å².